The molecule has 0 radical (unpaired) electrons. The molecule has 0 aliphatic carbocycles. The summed E-state index contributed by atoms with van der Waals surface area (Å²) in [6.07, 6.45) is 3.01. The number of hydrogen-bond acceptors (Lipinski definition) is 4. The highest BCUT2D eigenvalue weighted by molar-refractivity contribution is 7.09. The molecule has 0 bridgehead atoms. The van der Waals surface area contributed by atoms with E-state index in [2.05, 4.69) is 33.1 Å². The van der Waals surface area contributed by atoms with Crippen LogP contribution in [-0.4, -0.2) is 21.3 Å². The van der Waals surface area contributed by atoms with Crippen molar-refractivity contribution in [1.82, 2.24) is 20.1 Å². The van der Waals surface area contributed by atoms with Crippen molar-refractivity contribution in [3.63, 3.8) is 0 Å². The Morgan fingerprint density at radius 1 is 1.41 bits per heavy atom. The Balaban J connectivity index is 1.65. The molecular weight excluding hydrogens is 232 g/mol. The van der Waals surface area contributed by atoms with Gasteiger partial charge in [0.25, 0.3) is 0 Å². The van der Waals surface area contributed by atoms with E-state index in [1.165, 1.54) is 10.6 Å². The lowest BCUT2D eigenvalue weighted by Crippen LogP contribution is -2.16. The predicted molar refractivity (Wildman–Crippen MR) is 70.1 cm³/mol. The maximum absolute atomic E-state index is 4.44. The number of aromatic nitrogens is 3. The van der Waals surface area contributed by atoms with Gasteiger partial charge in [0, 0.05) is 29.9 Å². The van der Waals surface area contributed by atoms with Gasteiger partial charge in [-0.25, -0.2) is 0 Å². The van der Waals surface area contributed by atoms with Gasteiger partial charge in [0.05, 0.1) is 11.2 Å². The molecule has 0 amide bonds. The normalized spacial score (nSPS) is 10.9. The van der Waals surface area contributed by atoms with E-state index >= 15 is 0 Å². The minimum absolute atomic E-state index is 0.918. The summed E-state index contributed by atoms with van der Waals surface area (Å²) in [6, 6.07) is 2.12. The zero-order chi connectivity index (χ0) is 12.1. The van der Waals surface area contributed by atoms with Crippen molar-refractivity contribution in [2.45, 2.75) is 33.4 Å². The van der Waals surface area contributed by atoms with Crippen molar-refractivity contribution in [3.8, 4) is 0 Å². The van der Waals surface area contributed by atoms with E-state index < -0.39 is 0 Å². The highest BCUT2D eigenvalue weighted by Crippen LogP contribution is 2.04. The molecular formula is C12H18N4S. The first-order chi connectivity index (χ1) is 8.25. The maximum atomic E-state index is 4.44. The second-order valence-corrected chi connectivity index (χ2v) is 5.12. The van der Waals surface area contributed by atoms with Gasteiger partial charge in [-0.3, -0.25) is 9.67 Å². The number of hydrogen-bond donors (Lipinski definition) is 1. The molecule has 0 saturated heterocycles. The fourth-order valence-corrected chi connectivity index (χ4v) is 2.36. The molecule has 0 aliphatic rings. The summed E-state index contributed by atoms with van der Waals surface area (Å²) < 4.78 is 2.07. The van der Waals surface area contributed by atoms with Crippen molar-refractivity contribution < 1.29 is 0 Å². The Bertz CT molecular complexity index is 447. The predicted octanol–water partition coefficient (Wildman–Crippen LogP) is 2.14. The standard InChI is InChI=1S/C12H18N4S/c1-10-6-11(2)16(15-10)5-3-4-13-7-12-8-14-9-17-12/h6,8-9,13H,3-5,7H2,1-2H3. The minimum Gasteiger partial charge on any atom is -0.312 e. The third-order valence-corrected chi connectivity index (χ3v) is 3.39. The first kappa shape index (κ1) is 12.3. The third-order valence-electron chi connectivity index (χ3n) is 2.61. The zero-order valence-electron chi connectivity index (χ0n) is 10.3. The van der Waals surface area contributed by atoms with Crippen molar-refractivity contribution in [2.75, 3.05) is 6.54 Å². The Morgan fingerprint density at radius 2 is 2.29 bits per heavy atom. The van der Waals surface area contributed by atoms with Crippen molar-refractivity contribution in [3.05, 3.63) is 34.0 Å². The molecule has 17 heavy (non-hydrogen) atoms. The van der Waals surface area contributed by atoms with Gasteiger partial charge in [-0.05, 0) is 32.9 Å². The van der Waals surface area contributed by atoms with Crippen LogP contribution in [0.5, 0.6) is 0 Å². The Hall–Kier alpha value is -1.20. The Morgan fingerprint density at radius 3 is 2.94 bits per heavy atom. The number of aryl methyl sites for hydroxylation is 3. The Kier molecular flexibility index (Phi) is 4.28. The lowest BCUT2D eigenvalue weighted by Gasteiger charge is -2.05. The minimum atomic E-state index is 0.918. The molecule has 2 heterocycles. The smallest absolute Gasteiger partial charge is 0.0794 e. The maximum Gasteiger partial charge on any atom is 0.0794 e. The largest absolute Gasteiger partial charge is 0.312 e. The molecule has 0 atom stereocenters. The van der Waals surface area contributed by atoms with E-state index in [1.54, 1.807) is 11.3 Å². The van der Waals surface area contributed by atoms with Gasteiger partial charge >= 0.3 is 0 Å². The highest BCUT2D eigenvalue weighted by Gasteiger charge is 2.00. The van der Waals surface area contributed by atoms with Crippen LogP contribution in [0, 0.1) is 13.8 Å². The summed E-state index contributed by atoms with van der Waals surface area (Å²) in [7, 11) is 0. The van der Waals surface area contributed by atoms with Gasteiger partial charge in [-0.15, -0.1) is 11.3 Å². The zero-order valence-corrected chi connectivity index (χ0v) is 11.1. The van der Waals surface area contributed by atoms with Gasteiger partial charge in [0.2, 0.25) is 0 Å². The van der Waals surface area contributed by atoms with Crippen LogP contribution in [0.4, 0.5) is 0 Å². The fourth-order valence-electron chi connectivity index (χ4n) is 1.80. The van der Waals surface area contributed by atoms with Crippen LogP contribution in [-0.2, 0) is 13.1 Å². The average Bonchev–Trinajstić information content (AvgIpc) is 2.89. The second-order valence-electron chi connectivity index (χ2n) is 4.15. The van der Waals surface area contributed by atoms with Crippen LogP contribution in [0.25, 0.3) is 0 Å². The van der Waals surface area contributed by atoms with Crippen molar-refractivity contribution >= 4 is 11.3 Å². The van der Waals surface area contributed by atoms with Gasteiger partial charge < -0.3 is 5.32 Å². The SMILES string of the molecule is Cc1cc(C)n(CCCNCc2cncs2)n1. The molecule has 5 heteroatoms. The molecule has 0 aromatic carbocycles. The molecule has 0 fully saturated rings. The molecule has 2 aromatic rings. The van der Waals surface area contributed by atoms with Crippen molar-refractivity contribution in [1.29, 1.82) is 0 Å². The van der Waals surface area contributed by atoms with Crippen LogP contribution in [0.3, 0.4) is 0 Å². The Labute approximate surface area is 106 Å². The monoisotopic (exact) mass is 250 g/mol. The summed E-state index contributed by atoms with van der Waals surface area (Å²) in [4.78, 5) is 5.34. The fraction of sp³-hybridized carbons (Fsp3) is 0.500. The molecule has 4 nitrogen and oxygen atoms in total. The molecule has 0 saturated carbocycles. The molecule has 2 aromatic heterocycles. The van der Waals surface area contributed by atoms with Gasteiger partial charge in [-0.2, -0.15) is 5.10 Å². The number of rotatable bonds is 6. The van der Waals surface area contributed by atoms with E-state index in [0.717, 1.165) is 31.7 Å². The topological polar surface area (TPSA) is 42.7 Å². The summed E-state index contributed by atoms with van der Waals surface area (Å²) in [5, 5.41) is 7.85. The first-order valence-corrected chi connectivity index (χ1v) is 6.73. The molecule has 1 N–H and O–H groups in total. The number of nitrogens with zero attached hydrogens (tertiary/aromatic N) is 3. The molecule has 0 aliphatic heterocycles. The summed E-state index contributed by atoms with van der Waals surface area (Å²) in [5.41, 5.74) is 4.21. The summed E-state index contributed by atoms with van der Waals surface area (Å²) in [6.45, 7) is 7.05. The molecule has 2 rings (SSSR count). The van der Waals surface area contributed by atoms with Gasteiger partial charge in [0.1, 0.15) is 0 Å². The van der Waals surface area contributed by atoms with Crippen LogP contribution in [0.15, 0.2) is 17.8 Å². The van der Waals surface area contributed by atoms with Crippen LogP contribution < -0.4 is 5.32 Å². The molecule has 92 valence electrons. The van der Waals surface area contributed by atoms with Crippen molar-refractivity contribution in [2.24, 2.45) is 0 Å². The van der Waals surface area contributed by atoms with E-state index in [0.29, 0.717) is 0 Å². The van der Waals surface area contributed by atoms with Crippen LogP contribution >= 0.6 is 11.3 Å². The quantitative estimate of drug-likeness (QED) is 0.799. The number of nitrogens with one attached hydrogen (secondary N) is 1. The van der Waals surface area contributed by atoms with Crippen LogP contribution in [0.1, 0.15) is 22.7 Å². The molecule has 0 spiro atoms. The van der Waals surface area contributed by atoms with Gasteiger partial charge in [-0.1, -0.05) is 0 Å². The first-order valence-electron chi connectivity index (χ1n) is 5.85. The van der Waals surface area contributed by atoms with E-state index in [1.807, 2.05) is 18.6 Å². The number of thiazole rings is 1. The highest BCUT2D eigenvalue weighted by atomic mass is 32.1. The third kappa shape index (κ3) is 3.64. The average molecular weight is 250 g/mol. The lowest BCUT2D eigenvalue weighted by atomic mass is 10.4. The second kappa shape index (κ2) is 5.93. The van der Waals surface area contributed by atoms with E-state index in [-0.39, 0.29) is 0 Å². The summed E-state index contributed by atoms with van der Waals surface area (Å²) >= 11 is 1.69. The van der Waals surface area contributed by atoms with Gasteiger partial charge in [0.15, 0.2) is 0 Å². The van der Waals surface area contributed by atoms with E-state index in [9.17, 15) is 0 Å². The van der Waals surface area contributed by atoms with Crippen LogP contribution in [0.2, 0.25) is 0 Å². The molecule has 0 unspecified atom stereocenters. The lowest BCUT2D eigenvalue weighted by molar-refractivity contribution is 0.533. The van der Waals surface area contributed by atoms with E-state index in [4.69, 9.17) is 0 Å². The summed E-state index contributed by atoms with van der Waals surface area (Å²) in [5.74, 6) is 0.